The van der Waals surface area contributed by atoms with Crippen LogP contribution in [0.4, 0.5) is 0 Å². The lowest BCUT2D eigenvalue weighted by atomic mass is 9.95. The summed E-state index contributed by atoms with van der Waals surface area (Å²) in [4.78, 5) is 22.6. The van der Waals surface area contributed by atoms with E-state index in [-0.39, 0.29) is 30.2 Å². The molecule has 0 aliphatic carbocycles. The molecule has 0 spiro atoms. The first kappa shape index (κ1) is 13.6. The van der Waals surface area contributed by atoms with Gasteiger partial charge in [-0.15, -0.1) is 0 Å². The van der Waals surface area contributed by atoms with Gasteiger partial charge < -0.3 is 19.6 Å². The van der Waals surface area contributed by atoms with Crippen LogP contribution in [0.25, 0.3) is 0 Å². The highest BCUT2D eigenvalue weighted by Gasteiger charge is 2.25. The van der Waals surface area contributed by atoms with Gasteiger partial charge in [0.2, 0.25) is 11.7 Å². The molecule has 1 aromatic heterocycles. The van der Waals surface area contributed by atoms with Crippen LogP contribution in [-0.2, 0) is 16.1 Å². The molecule has 1 aromatic rings. The Morgan fingerprint density at radius 1 is 1.47 bits per heavy atom. The maximum atomic E-state index is 11.9. The van der Waals surface area contributed by atoms with Crippen molar-refractivity contribution in [2.45, 2.75) is 32.4 Å². The van der Waals surface area contributed by atoms with E-state index in [4.69, 9.17) is 14.3 Å². The topological polar surface area (TPSA) is 88.8 Å². The number of ether oxygens (including phenoxy) is 1. The number of rotatable bonds is 4. The Balaban J connectivity index is 1.84. The van der Waals surface area contributed by atoms with Crippen molar-refractivity contribution >= 4 is 11.9 Å². The Morgan fingerprint density at radius 3 is 2.89 bits per heavy atom. The number of aromatic carboxylic acids is 1. The van der Waals surface area contributed by atoms with Crippen LogP contribution in [0.5, 0.6) is 0 Å². The second kappa shape index (κ2) is 5.88. The summed E-state index contributed by atoms with van der Waals surface area (Å²) in [5, 5.41) is 11.5. The average Bonchev–Trinajstić information content (AvgIpc) is 2.85. The molecule has 0 radical (unpaired) electrons. The second-order valence-corrected chi connectivity index (χ2v) is 4.69. The minimum absolute atomic E-state index is 0.0385. The summed E-state index contributed by atoms with van der Waals surface area (Å²) in [6, 6.07) is 2.93. The molecule has 104 valence electrons. The third-order valence-corrected chi connectivity index (χ3v) is 3.17. The number of carboxylic acid groups (broad SMARTS) is 1. The predicted octanol–water partition coefficient (Wildman–Crippen LogP) is 1.41. The standard InChI is InChI=1S/C13H17NO5/c1-8-6-9(4-5-18-8)12(15)14-7-10-2-3-11(19-10)13(16)17/h2-3,8-9H,4-7H2,1H3,(H,14,15)(H,16,17)/t8-,9-/m0/s1. The lowest BCUT2D eigenvalue weighted by molar-refractivity contribution is -0.129. The van der Waals surface area contributed by atoms with E-state index in [1.165, 1.54) is 6.07 Å². The molecule has 19 heavy (non-hydrogen) atoms. The number of carbonyl (C=O) groups excluding carboxylic acids is 1. The van der Waals surface area contributed by atoms with Gasteiger partial charge >= 0.3 is 5.97 Å². The zero-order chi connectivity index (χ0) is 13.8. The smallest absolute Gasteiger partial charge is 0.371 e. The monoisotopic (exact) mass is 267 g/mol. The number of furan rings is 1. The maximum Gasteiger partial charge on any atom is 0.371 e. The van der Waals surface area contributed by atoms with Gasteiger partial charge in [0, 0.05) is 12.5 Å². The largest absolute Gasteiger partial charge is 0.475 e. The highest BCUT2D eigenvalue weighted by molar-refractivity contribution is 5.84. The van der Waals surface area contributed by atoms with E-state index in [1.54, 1.807) is 6.07 Å². The summed E-state index contributed by atoms with van der Waals surface area (Å²) in [7, 11) is 0. The summed E-state index contributed by atoms with van der Waals surface area (Å²) in [6.45, 7) is 2.76. The van der Waals surface area contributed by atoms with Crippen molar-refractivity contribution in [3.63, 3.8) is 0 Å². The van der Waals surface area contributed by atoms with E-state index >= 15 is 0 Å². The first-order chi connectivity index (χ1) is 9.06. The fourth-order valence-electron chi connectivity index (χ4n) is 2.14. The average molecular weight is 267 g/mol. The molecule has 0 saturated carbocycles. The molecule has 6 heteroatoms. The predicted molar refractivity (Wildman–Crippen MR) is 65.7 cm³/mol. The molecule has 2 heterocycles. The number of nitrogens with one attached hydrogen (secondary N) is 1. The number of hydrogen-bond donors (Lipinski definition) is 2. The molecule has 1 fully saturated rings. The maximum absolute atomic E-state index is 11.9. The van der Waals surface area contributed by atoms with Crippen LogP contribution in [-0.4, -0.2) is 29.7 Å². The molecule has 6 nitrogen and oxygen atoms in total. The SMILES string of the molecule is C[C@H]1C[C@@H](C(=O)NCc2ccc(C(=O)O)o2)CCO1. The van der Waals surface area contributed by atoms with Gasteiger partial charge in [-0.25, -0.2) is 4.79 Å². The Bertz CT molecular complexity index is 467. The van der Waals surface area contributed by atoms with Gasteiger partial charge in [0.1, 0.15) is 5.76 Å². The van der Waals surface area contributed by atoms with Crippen LogP contribution in [0.15, 0.2) is 16.5 Å². The molecule has 1 saturated heterocycles. The van der Waals surface area contributed by atoms with Crippen LogP contribution in [0.1, 0.15) is 36.1 Å². The van der Waals surface area contributed by atoms with Gasteiger partial charge in [-0.2, -0.15) is 0 Å². The van der Waals surface area contributed by atoms with Crippen LogP contribution < -0.4 is 5.32 Å². The number of amides is 1. The molecular weight excluding hydrogens is 250 g/mol. The Labute approximate surface area is 110 Å². The zero-order valence-corrected chi connectivity index (χ0v) is 10.7. The molecule has 2 rings (SSSR count). The van der Waals surface area contributed by atoms with Crippen molar-refractivity contribution in [1.82, 2.24) is 5.32 Å². The van der Waals surface area contributed by atoms with Crippen molar-refractivity contribution in [2.24, 2.45) is 5.92 Å². The van der Waals surface area contributed by atoms with Crippen LogP contribution >= 0.6 is 0 Å². The molecule has 2 atom stereocenters. The van der Waals surface area contributed by atoms with Gasteiger partial charge in [-0.1, -0.05) is 0 Å². The molecule has 0 aromatic carbocycles. The fourth-order valence-corrected chi connectivity index (χ4v) is 2.14. The van der Waals surface area contributed by atoms with Gasteiger partial charge in [-0.3, -0.25) is 4.79 Å². The Morgan fingerprint density at radius 2 is 2.26 bits per heavy atom. The number of carboxylic acids is 1. The second-order valence-electron chi connectivity index (χ2n) is 4.69. The molecule has 1 aliphatic rings. The van der Waals surface area contributed by atoms with Gasteiger partial charge in [0.25, 0.3) is 0 Å². The van der Waals surface area contributed by atoms with Crippen molar-refractivity contribution in [1.29, 1.82) is 0 Å². The molecular formula is C13H17NO5. The summed E-state index contributed by atoms with van der Waals surface area (Å²) >= 11 is 0. The van der Waals surface area contributed by atoms with E-state index in [0.717, 1.165) is 0 Å². The Kier molecular flexibility index (Phi) is 4.21. The highest BCUT2D eigenvalue weighted by Crippen LogP contribution is 2.20. The number of hydrogen-bond acceptors (Lipinski definition) is 4. The molecule has 2 N–H and O–H groups in total. The third kappa shape index (κ3) is 3.57. The molecule has 1 amide bonds. The van der Waals surface area contributed by atoms with E-state index in [2.05, 4.69) is 5.32 Å². The van der Waals surface area contributed by atoms with Crippen LogP contribution in [0, 0.1) is 5.92 Å². The lowest BCUT2D eigenvalue weighted by Gasteiger charge is -2.26. The minimum Gasteiger partial charge on any atom is -0.475 e. The summed E-state index contributed by atoms with van der Waals surface area (Å²) in [5.74, 6) is -0.883. The summed E-state index contributed by atoms with van der Waals surface area (Å²) < 4.78 is 10.5. The molecule has 1 aliphatic heterocycles. The van der Waals surface area contributed by atoms with E-state index < -0.39 is 5.97 Å². The Hall–Kier alpha value is -1.82. The highest BCUT2D eigenvalue weighted by atomic mass is 16.5. The van der Waals surface area contributed by atoms with Crippen molar-refractivity contribution in [3.05, 3.63) is 23.7 Å². The third-order valence-electron chi connectivity index (χ3n) is 3.17. The van der Waals surface area contributed by atoms with Gasteiger partial charge in [0.05, 0.1) is 12.6 Å². The van der Waals surface area contributed by atoms with Crippen LogP contribution in [0.3, 0.4) is 0 Å². The van der Waals surface area contributed by atoms with Gasteiger partial charge in [0.15, 0.2) is 0 Å². The van der Waals surface area contributed by atoms with Crippen LogP contribution in [0.2, 0.25) is 0 Å². The molecule has 0 unspecified atom stereocenters. The zero-order valence-electron chi connectivity index (χ0n) is 10.7. The normalized spacial score (nSPS) is 23.0. The van der Waals surface area contributed by atoms with E-state index in [0.29, 0.717) is 25.2 Å². The molecule has 0 bridgehead atoms. The number of carbonyl (C=O) groups is 2. The first-order valence-electron chi connectivity index (χ1n) is 6.27. The lowest BCUT2D eigenvalue weighted by Crippen LogP contribution is -2.36. The fraction of sp³-hybridized carbons (Fsp3) is 0.538. The first-order valence-corrected chi connectivity index (χ1v) is 6.27. The summed E-state index contributed by atoms with van der Waals surface area (Å²) in [5.41, 5.74) is 0. The van der Waals surface area contributed by atoms with E-state index in [9.17, 15) is 9.59 Å². The van der Waals surface area contributed by atoms with Crippen molar-refractivity contribution in [2.75, 3.05) is 6.61 Å². The van der Waals surface area contributed by atoms with Gasteiger partial charge in [-0.05, 0) is 31.9 Å². The quantitative estimate of drug-likeness (QED) is 0.861. The summed E-state index contributed by atoms with van der Waals surface area (Å²) in [6.07, 6.45) is 1.53. The minimum atomic E-state index is -1.11. The van der Waals surface area contributed by atoms with Crippen molar-refractivity contribution < 1.29 is 23.8 Å². The van der Waals surface area contributed by atoms with E-state index in [1.807, 2.05) is 6.92 Å². The van der Waals surface area contributed by atoms with Crippen molar-refractivity contribution in [3.8, 4) is 0 Å².